The van der Waals surface area contributed by atoms with Gasteiger partial charge in [-0.1, -0.05) is 6.92 Å². The maximum atomic E-state index is 12.4. The maximum absolute atomic E-state index is 12.4. The number of hydrogen-bond acceptors (Lipinski definition) is 2. The lowest BCUT2D eigenvalue weighted by atomic mass is 10.2. The smallest absolute Gasteiger partial charge is 0.406 e. The van der Waals surface area contributed by atoms with Gasteiger partial charge in [-0.3, -0.25) is 4.79 Å². The Morgan fingerprint density at radius 3 is 2.32 bits per heavy atom. The zero-order chi connectivity index (χ0) is 18.4. The highest BCUT2D eigenvalue weighted by molar-refractivity contribution is 5.93. The topological polar surface area (TPSA) is 47.2 Å². The number of alkyl halides is 3. The largest absolute Gasteiger partial charge is 0.573 e. The summed E-state index contributed by atoms with van der Waals surface area (Å²) in [6, 6.07) is 4.99. The molecule has 5 nitrogen and oxygen atoms in total. The molecular formula is C17H26F3N3O2+2. The Morgan fingerprint density at radius 1 is 1.20 bits per heavy atom. The van der Waals surface area contributed by atoms with Crippen LogP contribution in [0.1, 0.15) is 20.3 Å². The molecule has 0 saturated carbocycles. The molecule has 0 unspecified atom stereocenters. The number of amides is 1. The molecule has 1 amide bonds. The van der Waals surface area contributed by atoms with Crippen LogP contribution in [-0.4, -0.2) is 51.0 Å². The summed E-state index contributed by atoms with van der Waals surface area (Å²) >= 11 is 0. The highest BCUT2D eigenvalue weighted by Crippen LogP contribution is 2.23. The fraction of sp³-hybridized carbons (Fsp3) is 0.588. The monoisotopic (exact) mass is 361 g/mol. The molecule has 0 spiro atoms. The van der Waals surface area contributed by atoms with Gasteiger partial charge in [0.15, 0.2) is 6.04 Å². The van der Waals surface area contributed by atoms with Crippen LogP contribution in [0.4, 0.5) is 18.9 Å². The summed E-state index contributed by atoms with van der Waals surface area (Å²) < 4.78 is 40.2. The number of ether oxygens (including phenoxy) is 1. The molecule has 0 aliphatic carbocycles. The molecule has 0 bridgehead atoms. The second kappa shape index (κ2) is 8.53. The van der Waals surface area contributed by atoms with Crippen LogP contribution >= 0.6 is 0 Å². The summed E-state index contributed by atoms with van der Waals surface area (Å²) in [5.41, 5.74) is 0.459. The molecule has 140 valence electrons. The van der Waals surface area contributed by atoms with Crippen molar-refractivity contribution in [2.24, 2.45) is 0 Å². The number of carbonyl (C=O) groups excluding carboxylic acids is 1. The summed E-state index contributed by atoms with van der Waals surface area (Å²) in [6.07, 6.45) is -3.56. The Hall–Kier alpha value is -1.80. The quantitative estimate of drug-likeness (QED) is 0.673. The van der Waals surface area contributed by atoms with Gasteiger partial charge in [0.05, 0.1) is 6.54 Å². The number of rotatable bonds is 6. The fourth-order valence-corrected chi connectivity index (χ4v) is 3.14. The van der Waals surface area contributed by atoms with Gasteiger partial charge in [-0.2, -0.15) is 0 Å². The van der Waals surface area contributed by atoms with Gasteiger partial charge in [-0.05, 0) is 37.6 Å². The average molecular weight is 361 g/mol. The van der Waals surface area contributed by atoms with Crippen LogP contribution in [0.25, 0.3) is 0 Å². The number of hydrogen-bond donors (Lipinski definition) is 3. The Morgan fingerprint density at radius 2 is 1.80 bits per heavy atom. The lowest BCUT2D eigenvalue weighted by Gasteiger charge is -2.32. The molecule has 1 heterocycles. The molecule has 1 fully saturated rings. The number of carbonyl (C=O) groups is 1. The van der Waals surface area contributed by atoms with E-state index in [0.29, 0.717) is 5.69 Å². The fourth-order valence-electron chi connectivity index (χ4n) is 3.14. The molecule has 0 radical (unpaired) electrons. The van der Waals surface area contributed by atoms with Crippen LogP contribution in [0.15, 0.2) is 24.3 Å². The predicted octanol–water partition coefficient (Wildman–Crippen LogP) is 0.106. The van der Waals surface area contributed by atoms with E-state index < -0.39 is 6.36 Å². The van der Waals surface area contributed by atoms with Crippen LogP contribution in [0, 0.1) is 0 Å². The first kappa shape index (κ1) is 19.5. The lowest BCUT2D eigenvalue weighted by molar-refractivity contribution is -1.02. The summed E-state index contributed by atoms with van der Waals surface area (Å²) in [5, 5.41) is 2.76. The Balaban J connectivity index is 1.85. The minimum atomic E-state index is -4.72. The molecule has 1 aliphatic heterocycles. The van der Waals surface area contributed by atoms with E-state index in [1.54, 1.807) is 4.90 Å². The van der Waals surface area contributed by atoms with Crippen molar-refractivity contribution in [1.29, 1.82) is 0 Å². The minimum absolute atomic E-state index is 0.126. The number of piperazine rings is 1. The van der Waals surface area contributed by atoms with E-state index >= 15 is 0 Å². The first-order chi connectivity index (χ1) is 11.8. The van der Waals surface area contributed by atoms with E-state index in [9.17, 15) is 18.0 Å². The first-order valence-electron chi connectivity index (χ1n) is 8.63. The standard InChI is InChI=1S/C17H24F3N3O2/c1-3-8-22-9-11-23(12-10-22)13(2)16(24)21-14-4-6-15(7-5-14)25-17(18,19)20/h4-7,13H,3,8-12H2,1-2H3,(H,21,24)/p+2/t13-/m0/s1. The van der Waals surface area contributed by atoms with E-state index in [2.05, 4.69) is 17.0 Å². The van der Waals surface area contributed by atoms with Gasteiger partial charge in [0, 0.05) is 5.69 Å². The highest BCUT2D eigenvalue weighted by Gasteiger charge is 2.32. The second-order valence-corrected chi connectivity index (χ2v) is 6.44. The molecule has 0 aromatic heterocycles. The van der Waals surface area contributed by atoms with Gasteiger partial charge in [-0.15, -0.1) is 13.2 Å². The van der Waals surface area contributed by atoms with Crippen LogP contribution in [0.3, 0.4) is 0 Å². The van der Waals surface area contributed by atoms with E-state index in [0.717, 1.165) is 32.6 Å². The SMILES string of the molecule is CCC[NH+]1CC[NH+]([C@@H](C)C(=O)Nc2ccc(OC(F)(F)F)cc2)CC1. The van der Waals surface area contributed by atoms with Crippen LogP contribution in [0.5, 0.6) is 5.75 Å². The van der Waals surface area contributed by atoms with Crippen molar-refractivity contribution in [3.8, 4) is 5.75 Å². The third kappa shape index (κ3) is 6.21. The Labute approximate surface area is 145 Å². The van der Waals surface area contributed by atoms with Crippen molar-refractivity contribution in [2.75, 3.05) is 38.0 Å². The molecule has 25 heavy (non-hydrogen) atoms. The number of benzene rings is 1. The van der Waals surface area contributed by atoms with E-state index in [1.165, 1.54) is 35.7 Å². The van der Waals surface area contributed by atoms with Crippen LogP contribution in [0.2, 0.25) is 0 Å². The number of nitrogens with one attached hydrogen (secondary N) is 3. The van der Waals surface area contributed by atoms with E-state index in [1.807, 2.05) is 6.92 Å². The molecule has 3 N–H and O–H groups in total. The Kier molecular flexibility index (Phi) is 6.66. The summed E-state index contributed by atoms with van der Waals surface area (Å²) in [5.74, 6) is -0.433. The second-order valence-electron chi connectivity index (χ2n) is 6.44. The van der Waals surface area contributed by atoms with Crippen molar-refractivity contribution in [2.45, 2.75) is 32.7 Å². The number of quaternary nitrogens is 2. The third-order valence-corrected chi connectivity index (χ3v) is 4.56. The summed E-state index contributed by atoms with van der Waals surface area (Å²) in [6.45, 7) is 9.24. The van der Waals surface area contributed by atoms with Gasteiger partial charge in [-0.25, -0.2) is 0 Å². The predicted molar refractivity (Wildman–Crippen MR) is 87.8 cm³/mol. The molecule has 8 heteroatoms. The number of halogens is 3. The van der Waals surface area contributed by atoms with E-state index in [-0.39, 0.29) is 17.7 Å². The lowest BCUT2D eigenvalue weighted by Crippen LogP contribution is -3.30. The zero-order valence-electron chi connectivity index (χ0n) is 14.6. The van der Waals surface area contributed by atoms with Crippen molar-refractivity contribution < 1.29 is 32.5 Å². The highest BCUT2D eigenvalue weighted by atomic mass is 19.4. The molecule has 2 rings (SSSR count). The van der Waals surface area contributed by atoms with Gasteiger partial charge >= 0.3 is 6.36 Å². The molecule has 1 aromatic rings. The molecule has 1 aromatic carbocycles. The molecule has 1 atom stereocenters. The summed E-state index contributed by atoms with van der Waals surface area (Å²) in [4.78, 5) is 15.2. The average Bonchev–Trinajstić information content (AvgIpc) is 2.55. The van der Waals surface area contributed by atoms with Crippen molar-refractivity contribution in [3.63, 3.8) is 0 Å². The van der Waals surface area contributed by atoms with Gasteiger partial charge in [0.1, 0.15) is 31.9 Å². The van der Waals surface area contributed by atoms with E-state index in [4.69, 9.17) is 0 Å². The zero-order valence-corrected chi connectivity index (χ0v) is 14.6. The minimum Gasteiger partial charge on any atom is -0.406 e. The molecular weight excluding hydrogens is 335 g/mol. The van der Waals surface area contributed by atoms with Gasteiger partial charge in [0.2, 0.25) is 0 Å². The van der Waals surface area contributed by atoms with Crippen LogP contribution < -0.4 is 19.9 Å². The Bertz CT molecular complexity index is 555. The van der Waals surface area contributed by atoms with Crippen molar-refractivity contribution in [1.82, 2.24) is 0 Å². The first-order valence-corrected chi connectivity index (χ1v) is 8.63. The summed E-state index contributed by atoms with van der Waals surface area (Å²) in [7, 11) is 0. The van der Waals surface area contributed by atoms with Gasteiger partial charge in [0.25, 0.3) is 5.91 Å². The third-order valence-electron chi connectivity index (χ3n) is 4.56. The number of anilines is 1. The van der Waals surface area contributed by atoms with Crippen LogP contribution in [-0.2, 0) is 4.79 Å². The molecule has 1 aliphatic rings. The van der Waals surface area contributed by atoms with Crippen molar-refractivity contribution in [3.05, 3.63) is 24.3 Å². The van der Waals surface area contributed by atoms with Gasteiger partial charge < -0.3 is 19.9 Å². The normalized spacial score (nSPS) is 22.3. The molecule has 1 saturated heterocycles. The van der Waals surface area contributed by atoms with Crippen molar-refractivity contribution >= 4 is 11.6 Å². The maximum Gasteiger partial charge on any atom is 0.573 e.